The Balaban J connectivity index is 3.34. The fourth-order valence-electron chi connectivity index (χ4n) is 3.57. The van der Waals surface area contributed by atoms with Gasteiger partial charge in [-0.05, 0) is 20.3 Å². The summed E-state index contributed by atoms with van der Waals surface area (Å²) >= 11 is 0. The van der Waals surface area contributed by atoms with E-state index in [0.717, 1.165) is 12.8 Å². The van der Waals surface area contributed by atoms with Crippen molar-refractivity contribution in [1.29, 1.82) is 0 Å². The maximum absolute atomic E-state index is 9.77. The van der Waals surface area contributed by atoms with Crippen LogP contribution in [0, 0.1) is 0 Å². The van der Waals surface area contributed by atoms with E-state index in [1.807, 2.05) is 0 Å². The van der Waals surface area contributed by atoms with Crippen molar-refractivity contribution in [2.75, 3.05) is 0 Å². The van der Waals surface area contributed by atoms with Crippen LogP contribution in [0.25, 0.3) is 0 Å². The fraction of sp³-hybridized carbons (Fsp3) is 1.00. The number of unbranched alkanes of at least 4 members (excludes halogenated alkanes) is 14. The number of hydrogen-bond donors (Lipinski definition) is 3. The monoisotopic (exact) mass is 357 g/mol. The second-order valence-electron chi connectivity index (χ2n) is 8.16. The van der Waals surface area contributed by atoms with Gasteiger partial charge in [-0.3, -0.25) is 0 Å². The second-order valence-corrected chi connectivity index (χ2v) is 8.16. The van der Waals surface area contributed by atoms with E-state index in [0.29, 0.717) is 6.42 Å². The van der Waals surface area contributed by atoms with Crippen LogP contribution < -0.4 is 5.73 Å². The summed E-state index contributed by atoms with van der Waals surface area (Å²) in [6.07, 6.45) is 19.5. The molecule has 0 aliphatic heterocycles. The molecule has 0 aromatic rings. The summed E-state index contributed by atoms with van der Waals surface area (Å²) in [5, 5.41) is 19.5. The number of rotatable bonds is 18. The summed E-state index contributed by atoms with van der Waals surface area (Å²) < 4.78 is 0. The van der Waals surface area contributed by atoms with Crippen molar-refractivity contribution in [1.82, 2.24) is 0 Å². The first-order valence-corrected chi connectivity index (χ1v) is 11.1. The Kier molecular flexibility index (Phi) is 16.0. The molecule has 0 aromatic heterocycles. The Bertz CT molecular complexity index is 271. The molecule has 0 aromatic carbocycles. The number of aliphatic hydroxyl groups excluding tert-OH is 2. The summed E-state index contributed by atoms with van der Waals surface area (Å²) in [6, 6.07) is 0. The van der Waals surface area contributed by atoms with Crippen LogP contribution in [0.3, 0.4) is 0 Å². The zero-order chi connectivity index (χ0) is 19.0. The van der Waals surface area contributed by atoms with E-state index in [2.05, 4.69) is 6.92 Å². The van der Waals surface area contributed by atoms with Crippen molar-refractivity contribution in [2.45, 2.75) is 141 Å². The highest BCUT2D eigenvalue weighted by molar-refractivity contribution is 4.93. The van der Waals surface area contributed by atoms with Crippen molar-refractivity contribution in [3.63, 3.8) is 0 Å². The normalized spacial score (nSPS) is 16.6. The standard InChI is InChI=1S/C22H47NO2/c1-4-5-6-7-8-9-10-11-12-13-14-15-16-17-18-19-22(23,20(2)24)21(3)25/h20-21,24-25H,4-19,23H2,1-3H3. The summed E-state index contributed by atoms with van der Waals surface area (Å²) in [4.78, 5) is 0. The average molecular weight is 358 g/mol. The Labute approximate surface area is 157 Å². The highest BCUT2D eigenvalue weighted by atomic mass is 16.3. The Morgan fingerprint density at radius 3 is 1.16 bits per heavy atom. The number of nitrogens with two attached hydrogens (primary N) is 1. The van der Waals surface area contributed by atoms with Crippen LogP contribution in [0.5, 0.6) is 0 Å². The summed E-state index contributed by atoms with van der Waals surface area (Å²) in [7, 11) is 0. The molecule has 2 atom stereocenters. The van der Waals surface area contributed by atoms with Crippen molar-refractivity contribution in [3.8, 4) is 0 Å². The molecular formula is C22H47NO2. The van der Waals surface area contributed by atoms with Crippen molar-refractivity contribution in [3.05, 3.63) is 0 Å². The minimum absolute atomic E-state index is 0.667. The first-order chi connectivity index (χ1) is 11.9. The lowest BCUT2D eigenvalue weighted by Crippen LogP contribution is -2.57. The highest BCUT2D eigenvalue weighted by Crippen LogP contribution is 2.22. The number of aliphatic hydroxyl groups is 2. The molecule has 0 aliphatic carbocycles. The lowest BCUT2D eigenvalue weighted by molar-refractivity contribution is 0.00127. The van der Waals surface area contributed by atoms with Gasteiger partial charge in [0.15, 0.2) is 0 Å². The van der Waals surface area contributed by atoms with Gasteiger partial charge < -0.3 is 15.9 Å². The largest absolute Gasteiger partial charge is 0.391 e. The van der Waals surface area contributed by atoms with Gasteiger partial charge in [0.05, 0.1) is 17.7 Å². The topological polar surface area (TPSA) is 66.5 Å². The van der Waals surface area contributed by atoms with E-state index in [-0.39, 0.29) is 0 Å². The smallest absolute Gasteiger partial charge is 0.0716 e. The van der Waals surface area contributed by atoms with Gasteiger partial charge >= 0.3 is 0 Å². The summed E-state index contributed by atoms with van der Waals surface area (Å²) in [6.45, 7) is 5.63. The maximum Gasteiger partial charge on any atom is 0.0716 e. The number of hydrogen-bond acceptors (Lipinski definition) is 3. The van der Waals surface area contributed by atoms with Crippen molar-refractivity contribution < 1.29 is 10.2 Å². The first kappa shape index (κ1) is 24.9. The third-order valence-corrected chi connectivity index (χ3v) is 5.77. The van der Waals surface area contributed by atoms with Gasteiger partial charge in [0.25, 0.3) is 0 Å². The predicted octanol–water partition coefficient (Wildman–Crippen LogP) is 5.71. The molecule has 0 heterocycles. The quantitative estimate of drug-likeness (QED) is 0.275. The van der Waals surface area contributed by atoms with E-state index < -0.39 is 17.7 Å². The Hall–Kier alpha value is -0.120. The minimum atomic E-state index is -0.851. The highest BCUT2D eigenvalue weighted by Gasteiger charge is 2.35. The molecule has 0 rings (SSSR count). The van der Waals surface area contributed by atoms with Crippen LogP contribution in [0.1, 0.15) is 124 Å². The summed E-state index contributed by atoms with van der Waals surface area (Å²) in [5.41, 5.74) is 5.29. The predicted molar refractivity (Wildman–Crippen MR) is 110 cm³/mol. The van der Waals surface area contributed by atoms with E-state index in [1.54, 1.807) is 13.8 Å². The van der Waals surface area contributed by atoms with Gasteiger partial charge in [0, 0.05) is 0 Å². The second kappa shape index (κ2) is 16.1. The molecule has 0 bridgehead atoms. The van der Waals surface area contributed by atoms with Gasteiger partial charge in [0.2, 0.25) is 0 Å². The van der Waals surface area contributed by atoms with E-state index in [4.69, 9.17) is 5.73 Å². The van der Waals surface area contributed by atoms with Gasteiger partial charge in [-0.15, -0.1) is 0 Å². The maximum atomic E-state index is 9.77. The molecule has 2 unspecified atom stereocenters. The lowest BCUT2D eigenvalue weighted by atomic mass is 9.83. The molecule has 4 N–H and O–H groups in total. The van der Waals surface area contributed by atoms with Gasteiger partial charge in [0.1, 0.15) is 0 Å². The Morgan fingerprint density at radius 1 is 0.600 bits per heavy atom. The van der Waals surface area contributed by atoms with Gasteiger partial charge in [-0.2, -0.15) is 0 Å². The zero-order valence-corrected chi connectivity index (χ0v) is 17.4. The minimum Gasteiger partial charge on any atom is -0.391 e. The van der Waals surface area contributed by atoms with Crippen LogP contribution in [0.4, 0.5) is 0 Å². The van der Waals surface area contributed by atoms with Gasteiger partial charge in [-0.1, -0.05) is 103 Å². The van der Waals surface area contributed by atoms with Crippen LogP contribution in [0.2, 0.25) is 0 Å². The van der Waals surface area contributed by atoms with E-state index >= 15 is 0 Å². The van der Waals surface area contributed by atoms with Crippen LogP contribution in [-0.2, 0) is 0 Å². The molecular weight excluding hydrogens is 310 g/mol. The van der Waals surface area contributed by atoms with E-state index in [1.165, 1.54) is 83.5 Å². The molecule has 0 radical (unpaired) electrons. The molecule has 3 nitrogen and oxygen atoms in total. The first-order valence-electron chi connectivity index (χ1n) is 11.1. The van der Waals surface area contributed by atoms with Crippen LogP contribution in [-0.4, -0.2) is 28.0 Å². The average Bonchev–Trinajstić information content (AvgIpc) is 2.57. The van der Waals surface area contributed by atoms with Crippen LogP contribution >= 0.6 is 0 Å². The molecule has 0 saturated carbocycles. The molecule has 0 spiro atoms. The summed E-state index contributed by atoms with van der Waals surface area (Å²) in [5.74, 6) is 0. The molecule has 0 saturated heterocycles. The van der Waals surface area contributed by atoms with E-state index in [9.17, 15) is 10.2 Å². The van der Waals surface area contributed by atoms with Crippen molar-refractivity contribution in [2.24, 2.45) is 5.73 Å². The van der Waals surface area contributed by atoms with Crippen LogP contribution in [0.15, 0.2) is 0 Å². The fourth-order valence-corrected chi connectivity index (χ4v) is 3.57. The zero-order valence-electron chi connectivity index (χ0n) is 17.4. The SMILES string of the molecule is CCCCCCCCCCCCCCCCCC(N)(C(C)O)C(C)O. The molecule has 0 fully saturated rings. The molecule has 0 aliphatic rings. The van der Waals surface area contributed by atoms with Gasteiger partial charge in [-0.25, -0.2) is 0 Å². The lowest BCUT2D eigenvalue weighted by Gasteiger charge is -2.35. The molecule has 152 valence electrons. The third kappa shape index (κ3) is 12.8. The molecule has 0 amide bonds. The Morgan fingerprint density at radius 2 is 0.880 bits per heavy atom. The molecule has 3 heteroatoms. The van der Waals surface area contributed by atoms with Crippen molar-refractivity contribution >= 4 is 0 Å². The molecule has 25 heavy (non-hydrogen) atoms. The third-order valence-electron chi connectivity index (χ3n) is 5.77.